The zero-order valence-electron chi connectivity index (χ0n) is 14.2. The normalized spacial score (nSPS) is 23.4. The molecule has 0 aromatic heterocycles. The first-order valence-corrected chi connectivity index (χ1v) is 9.42. The fourth-order valence-corrected chi connectivity index (χ4v) is 4.92. The second kappa shape index (κ2) is 7.90. The molecule has 140 valence electrons. The van der Waals surface area contributed by atoms with E-state index in [-0.39, 0.29) is 34.7 Å². The highest BCUT2D eigenvalue weighted by atomic mass is 35.5. The Morgan fingerprint density at radius 1 is 1.20 bits per heavy atom. The third kappa shape index (κ3) is 3.92. The van der Waals surface area contributed by atoms with E-state index >= 15 is 0 Å². The fraction of sp³-hybridized carbons (Fsp3) is 0.562. The average Bonchev–Trinajstić information content (AvgIpc) is 2.91. The number of halogens is 1. The number of benzene rings is 1. The summed E-state index contributed by atoms with van der Waals surface area (Å²) in [6.45, 7) is 0.939. The van der Waals surface area contributed by atoms with Crippen LogP contribution in [0.1, 0.15) is 29.6 Å². The van der Waals surface area contributed by atoms with Gasteiger partial charge in [0.15, 0.2) is 0 Å². The summed E-state index contributed by atoms with van der Waals surface area (Å²) in [7, 11) is -0.993. The van der Waals surface area contributed by atoms with Crippen molar-refractivity contribution in [1.82, 2.24) is 9.62 Å². The molecule has 2 unspecified atom stereocenters. The van der Waals surface area contributed by atoms with Crippen LogP contribution in [-0.2, 0) is 14.8 Å². The number of nitrogens with one attached hydrogen (secondary N) is 1. The molecule has 1 N–H and O–H groups in total. The molecule has 25 heavy (non-hydrogen) atoms. The van der Waals surface area contributed by atoms with Crippen LogP contribution in [0, 0.1) is 0 Å². The Hall–Kier alpha value is -1.35. The number of nitrogens with zero attached hydrogens (tertiary/aromatic N) is 1. The van der Waals surface area contributed by atoms with E-state index in [0.29, 0.717) is 19.1 Å². The van der Waals surface area contributed by atoms with Crippen molar-refractivity contribution in [3.05, 3.63) is 23.8 Å². The highest BCUT2D eigenvalue weighted by Gasteiger charge is 2.35. The molecular weight excluding hydrogens is 368 g/mol. The van der Waals surface area contributed by atoms with Crippen molar-refractivity contribution in [3.63, 3.8) is 0 Å². The van der Waals surface area contributed by atoms with Crippen LogP contribution in [0.5, 0.6) is 5.75 Å². The highest BCUT2D eigenvalue weighted by Crippen LogP contribution is 2.28. The third-order valence-corrected chi connectivity index (χ3v) is 6.56. The first-order chi connectivity index (χ1) is 11.5. The molecule has 1 aromatic rings. The lowest BCUT2D eigenvalue weighted by molar-refractivity contribution is 0.0596. The first-order valence-electron chi connectivity index (χ1n) is 7.98. The van der Waals surface area contributed by atoms with E-state index in [9.17, 15) is 13.2 Å². The van der Waals surface area contributed by atoms with Crippen LogP contribution < -0.4 is 10.1 Å². The van der Waals surface area contributed by atoms with Gasteiger partial charge in [0.05, 0.1) is 19.1 Å². The van der Waals surface area contributed by atoms with Gasteiger partial charge >= 0.3 is 5.97 Å². The van der Waals surface area contributed by atoms with Gasteiger partial charge in [-0.2, -0.15) is 4.31 Å². The summed E-state index contributed by atoms with van der Waals surface area (Å²) in [5.74, 6) is -0.335. The molecule has 1 aromatic carbocycles. The maximum Gasteiger partial charge on any atom is 0.341 e. The maximum absolute atomic E-state index is 13.0. The van der Waals surface area contributed by atoms with Crippen LogP contribution in [0.2, 0.25) is 0 Å². The van der Waals surface area contributed by atoms with E-state index in [4.69, 9.17) is 9.47 Å². The van der Waals surface area contributed by atoms with E-state index in [1.807, 2.05) is 0 Å². The molecule has 7 nitrogen and oxygen atoms in total. The van der Waals surface area contributed by atoms with Gasteiger partial charge in [-0.05, 0) is 37.5 Å². The summed E-state index contributed by atoms with van der Waals surface area (Å²) in [5, 5.41) is 3.46. The summed E-state index contributed by atoms with van der Waals surface area (Å²) < 4.78 is 37.3. The van der Waals surface area contributed by atoms with Crippen molar-refractivity contribution >= 4 is 28.4 Å². The lowest BCUT2D eigenvalue weighted by atomic mass is 10.1. The number of rotatable bonds is 4. The van der Waals surface area contributed by atoms with Gasteiger partial charge in [-0.1, -0.05) is 0 Å². The molecule has 0 radical (unpaired) electrons. The second-order valence-electron chi connectivity index (χ2n) is 6.14. The van der Waals surface area contributed by atoms with Crippen LogP contribution in [-0.4, -0.2) is 58.1 Å². The van der Waals surface area contributed by atoms with Crippen LogP contribution in [0.15, 0.2) is 23.1 Å². The Morgan fingerprint density at radius 2 is 1.92 bits per heavy atom. The quantitative estimate of drug-likeness (QED) is 0.782. The van der Waals surface area contributed by atoms with Crippen molar-refractivity contribution in [1.29, 1.82) is 0 Å². The van der Waals surface area contributed by atoms with Gasteiger partial charge in [-0.3, -0.25) is 0 Å². The minimum absolute atomic E-state index is 0. The minimum atomic E-state index is -3.67. The van der Waals surface area contributed by atoms with E-state index in [1.165, 1.54) is 36.7 Å². The van der Waals surface area contributed by atoms with Gasteiger partial charge in [-0.25, -0.2) is 13.2 Å². The molecule has 9 heteroatoms. The van der Waals surface area contributed by atoms with E-state index < -0.39 is 16.0 Å². The van der Waals surface area contributed by atoms with Crippen LogP contribution in [0.3, 0.4) is 0 Å². The molecule has 2 fully saturated rings. The second-order valence-corrected chi connectivity index (χ2v) is 8.08. The minimum Gasteiger partial charge on any atom is -0.496 e. The first kappa shape index (κ1) is 20.0. The number of carbonyl (C=O) groups excluding carboxylic acids is 1. The van der Waals surface area contributed by atoms with Gasteiger partial charge in [0.25, 0.3) is 0 Å². The monoisotopic (exact) mass is 390 g/mol. The van der Waals surface area contributed by atoms with E-state index in [1.54, 1.807) is 0 Å². The summed E-state index contributed by atoms with van der Waals surface area (Å²) in [5.41, 5.74) is 0.107. The Kier molecular flexibility index (Phi) is 6.31. The van der Waals surface area contributed by atoms with Gasteiger partial charge < -0.3 is 14.8 Å². The van der Waals surface area contributed by atoms with E-state index in [0.717, 1.165) is 19.3 Å². The third-order valence-electron chi connectivity index (χ3n) is 4.70. The summed E-state index contributed by atoms with van der Waals surface area (Å²) in [6.07, 6.45) is 2.90. The number of methoxy groups -OCH3 is 2. The molecule has 0 amide bonds. The topological polar surface area (TPSA) is 84.9 Å². The lowest BCUT2D eigenvalue weighted by Gasteiger charge is -2.24. The number of carbonyl (C=O) groups is 1. The number of fused-ring (bicyclic) bond motifs is 2. The molecule has 0 spiro atoms. The predicted molar refractivity (Wildman–Crippen MR) is 94.9 cm³/mol. The van der Waals surface area contributed by atoms with Gasteiger partial charge in [0, 0.05) is 25.2 Å². The summed E-state index contributed by atoms with van der Waals surface area (Å²) in [4.78, 5) is 12.0. The molecule has 0 saturated carbocycles. The Bertz CT molecular complexity index is 740. The van der Waals surface area contributed by atoms with Gasteiger partial charge in [0.2, 0.25) is 10.0 Å². The van der Waals surface area contributed by atoms with Crippen molar-refractivity contribution in [2.75, 3.05) is 27.3 Å². The Morgan fingerprint density at radius 3 is 2.60 bits per heavy atom. The molecule has 2 atom stereocenters. The Labute approximate surface area is 154 Å². The highest BCUT2D eigenvalue weighted by molar-refractivity contribution is 7.89. The number of hydrogen-bond donors (Lipinski definition) is 1. The number of ether oxygens (including phenoxy) is 2. The summed E-state index contributed by atoms with van der Waals surface area (Å²) >= 11 is 0. The molecule has 2 aliphatic heterocycles. The lowest BCUT2D eigenvalue weighted by Crippen LogP contribution is -2.39. The van der Waals surface area contributed by atoms with Crippen LogP contribution in [0.25, 0.3) is 0 Å². The van der Waals surface area contributed by atoms with Crippen LogP contribution >= 0.6 is 12.4 Å². The molecule has 3 rings (SSSR count). The smallest absolute Gasteiger partial charge is 0.341 e. The SMILES string of the molecule is COC(=O)c1cc(S(=O)(=O)N2CCC3CCC(C2)N3)ccc1OC.Cl. The van der Waals surface area contributed by atoms with E-state index in [2.05, 4.69) is 5.32 Å². The largest absolute Gasteiger partial charge is 0.496 e. The van der Waals surface area contributed by atoms with Crippen molar-refractivity contribution in [2.24, 2.45) is 0 Å². The zero-order valence-corrected chi connectivity index (χ0v) is 15.9. The summed E-state index contributed by atoms with van der Waals surface area (Å²) in [6, 6.07) is 4.89. The fourth-order valence-electron chi connectivity index (χ4n) is 3.40. The number of esters is 1. The van der Waals surface area contributed by atoms with Crippen molar-refractivity contribution < 1.29 is 22.7 Å². The maximum atomic E-state index is 13.0. The molecule has 2 saturated heterocycles. The molecule has 2 bridgehead atoms. The zero-order chi connectivity index (χ0) is 17.3. The average molecular weight is 391 g/mol. The predicted octanol–water partition coefficient (Wildman–Crippen LogP) is 1.42. The molecule has 0 aliphatic carbocycles. The molecule has 2 heterocycles. The van der Waals surface area contributed by atoms with Crippen molar-refractivity contribution in [2.45, 2.75) is 36.2 Å². The molecular formula is C16H23ClN2O5S. The Balaban J connectivity index is 0.00000225. The van der Waals surface area contributed by atoms with Gasteiger partial charge in [-0.15, -0.1) is 12.4 Å². The number of sulfonamides is 1. The molecule has 2 aliphatic rings. The van der Waals surface area contributed by atoms with Crippen LogP contribution in [0.4, 0.5) is 0 Å². The van der Waals surface area contributed by atoms with Crippen molar-refractivity contribution in [3.8, 4) is 5.75 Å². The van der Waals surface area contributed by atoms with Gasteiger partial charge in [0.1, 0.15) is 11.3 Å². The number of hydrogen-bond acceptors (Lipinski definition) is 6. The standard InChI is InChI=1S/C16H22N2O5S.ClH/c1-22-15-6-5-13(9-14(15)16(19)23-2)24(20,21)18-8-7-11-3-4-12(10-18)17-11;/h5-6,9,11-12,17H,3-4,7-8,10H2,1-2H3;1H.